The standard InChI is InChI=1S/C15H25NOS/c1-10-9-11(2)14(15(17-6)12(10)3)13(7-8-18)16(4)5/h9,13,18H,7-8H2,1-6H3. The normalized spacial score (nSPS) is 12.9. The lowest BCUT2D eigenvalue weighted by molar-refractivity contribution is 0.282. The fourth-order valence-electron chi connectivity index (χ4n) is 2.53. The maximum atomic E-state index is 5.66. The molecular weight excluding hydrogens is 242 g/mol. The van der Waals surface area contributed by atoms with Gasteiger partial charge in [0.1, 0.15) is 5.75 Å². The zero-order valence-electron chi connectivity index (χ0n) is 12.4. The molecule has 3 heteroatoms. The molecule has 0 aromatic heterocycles. The van der Waals surface area contributed by atoms with Crippen LogP contribution in [0.2, 0.25) is 0 Å². The fourth-order valence-corrected chi connectivity index (χ4v) is 2.78. The molecule has 0 bridgehead atoms. The van der Waals surface area contributed by atoms with Crippen LogP contribution in [0.15, 0.2) is 6.07 Å². The lowest BCUT2D eigenvalue weighted by atomic mass is 9.92. The summed E-state index contributed by atoms with van der Waals surface area (Å²) in [4.78, 5) is 2.25. The van der Waals surface area contributed by atoms with Crippen LogP contribution in [-0.4, -0.2) is 31.9 Å². The maximum absolute atomic E-state index is 5.66. The Bertz CT molecular complexity index is 415. The Morgan fingerprint density at radius 2 is 1.83 bits per heavy atom. The molecule has 0 amide bonds. The SMILES string of the molecule is COc1c(C)c(C)cc(C)c1C(CCS)N(C)C. The number of nitrogens with zero attached hydrogens (tertiary/aromatic N) is 1. The molecule has 0 aliphatic heterocycles. The van der Waals surface area contributed by atoms with Crippen LogP contribution < -0.4 is 4.74 Å². The molecule has 102 valence electrons. The van der Waals surface area contributed by atoms with Gasteiger partial charge < -0.3 is 9.64 Å². The minimum atomic E-state index is 0.358. The van der Waals surface area contributed by atoms with Crippen LogP contribution >= 0.6 is 12.6 Å². The van der Waals surface area contributed by atoms with Gasteiger partial charge in [-0.05, 0) is 63.7 Å². The molecule has 18 heavy (non-hydrogen) atoms. The van der Waals surface area contributed by atoms with E-state index >= 15 is 0 Å². The molecular formula is C15H25NOS. The van der Waals surface area contributed by atoms with Gasteiger partial charge in [-0.1, -0.05) is 6.07 Å². The maximum Gasteiger partial charge on any atom is 0.127 e. The van der Waals surface area contributed by atoms with Gasteiger partial charge in [-0.3, -0.25) is 0 Å². The molecule has 0 fully saturated rings. The van der Waals surface area contributed by atoms with Gasteiger partial charge in [0, 0.05) is 11.6 Å². The predicted octanol–water partition coefficient (Wildman–Crippen LogP) is 3.54. The average Bonchev–Trinajstić information content (AvgIpc) is 2.30. The minimum Gasteiger partial charge on any atom is -0.496 e. The number of hydrogen-bond acceptors (Lipinski definition) is 3. The quantitative estimate of drug-likeness (QED) is 0.819. The molecule has 0 heterocycles. The van der Waals surface area contributed by atoms with Gasteiger partial charge >= 0.3 is 0 Å². The van der Waals surface area contributed by atoms with Crippen molar-refractivity contribution in [2.75, 3.05) is 27.0 Å². The third-order valence-corrected chi connectivity index (χ3v) is 3.86. The molecule has 0 aliphatic carbocycles. The summed E-state index contributed by atoms with van der Waals surface area (Å²) in [6.07, 6.45) is 1.02. The van der Waals surface area contributed by atoms with Crippen LogP contribution in [0, 0.1) is 20.8 Å². The fraction of sp³-hybridized carbons (Fsp3) is 0.600. The Kier molecular flexibility index (Phi) is 5.54. The van der Waals surface area contributed by atoms with Crippen molar-refractivity contribution in [3.8, 4) is 5.75 Å². The Balaban J connectivity index is 3.41. The first kappa shape index (κ1) is 15.4. The van der Waals surface area contributed by atoms with E-state index in [1.54, 1.807) is 7.11 Å². The first-order chi connectivity index (χ1) is 8.43. The monoisotopic (exact) mass is 267 g/mol. The molecule has 1 aromatic rings. The zero-order chi connectivity index (χ0) is 13.9. The summed E-state index contributed by atoms with van der Waals surface area (Å²) in [6, 6.07) is 2.61. The number of thiol groups is 1. The molecule has 0 saturated heterocycles. The van der Waals surface area contributed by atoms with E-state index in [2.05, 4.69) is 58.5 Å². The third-order valence-electron chi connectivity index (χ3n) is 3.60. The molecule has 0 spiro atoms. The van der Waals surface area contributed by atoms with Gasteiger partial charge in [0.05, 0.1) is 7.11 Å². The molecule has 1 rings (SSSR count). The van der Waals surface area contributed by atoms with Crippen LogP contribution in [0.25, 0.3) is 0 Å². The van der Waals surface area contributed by atoms with E-state index in [4.69, 9.17) is 4.74 Å². The van der Waals surface area contributed by atoms with E-state index < -0.39 is 0 Å². The van der Waals surface area contributed by atoms with E-state index in [1.807, 2.05) is 0 Å². The highest BCUT2D eigenvalue weighted by Gasteiger charge is 2.22. The van der Waals surface area contributed by atoms with Crippen molar-refractivity contribution in [2.24, 2.45) is 0 Å². The van der Waals surface area contributed by atoms with Gasteiger partial charge in [0.15, 0.2) is 0 Å². The second kappa shape index (κ2) is 6.48. The number of methoxy groups -OCH3 is 1. The molecule has 1 unspecified atom stereocenters. The largest absolute Gasteiger partial charge is 0.496 e. The van der Waals surface area contributed by atoms with Gasteiger partial charge in [0.2, 0.25) is 0 Å². The molecule has 0 N–H and O–H groups in total. The second-order valence-corrected chi connectivity index (χ2v) is 5.52. The van der Waals surface area contributed by atoms with E-state index in [-0.39, 0.29) is 0 Å². The van der Waals surface area contributed by atoms with Crippen molar-refractivity contribution < 1.29 is 4.74 Å². The van der Waals surface area contributed by atoms with E-state index in [9.17, 15) is 0 Å². The smallest absolute Gasteiger partial charge is 0.127 e. The molecule has 0 radical (unpaired) electrons. The van der Waals surface area contributed by atoms with Gasteiger partial charge in [-0.2, -0.15) is 12.6 Å². The predicted molar refractivity (Wildman–Crippen MR) is 82.1 cm³/mol. The van der Waals surface area contributed by atoms with Gasteiger partial charge in [0.25, 0.3) is 0 Å². The summed E-state index contributed by atoms with van der Waals surface area (Å²) >= 11 is 4.38. The Morgan fingerprint density at radius 3 is 2.28 bits per heavy atom. The Hall–Kier alpha value is -0.670. The second-order valence-electron chi connectivity index (χ2n) is 5.07. The number of rotatable bonds is 5. The van der Waals surface area contributed by atoms with Crippen molar-refractivity contribution in [3.63, 3.8) is 0 Å². The lowest BCUT2D eigenvalue weighted by Gasteiger charge is -2.29. The summed E-state index contributed by atoms with van der Waals surface area (Å²) in [5.74, 6) is 1.91. The van der Waals surface area contributed by atoms with Crippen LogP contribution in [0.5, 0.6) is 5.75 Å². The van der Waals surface area contributed by atoms with Crippen molar-refractivity contribution in [2.45, 2.75) is 33.2 Å². The molecule has 0 saturated carbocycles. The summed E-state index contributed by atoms with van der Waals surface area (Å²) in [5, 5.41) is 0. The number of ether oxygens (including phenoxy) is 1. The van der Waals surface area contributed by atoms with Gasteiger partial charge in [-0.15, -0.1) is 0 Å². The first-order valence-corrected chi connectivity index (χ1v) is 6.99. The van der Waals surface area contributed by atoms with Crippen molar-refractivity contribution in [3.05, 3.63) is 28.3 Å². The zero-order valence-corrected chi connectivity index (χ0v) is 13.3. The van der Waals surface area contributed by atoms with Crippen molar-refractivity contribution >= 4 is 12.6 Å². The number of hydrogen-bond donors (Lipinski definition) is 1. The van der Waals surface area contributed by atoms with Crippen LogP contribution in [0.1, 0.15) is 34.7 Å². The highest BCUT2D eigenvalue weighted by Crippen LogP contribution is 2.37. The van der Waals surface area contributed by atoms with Crippen LogP contribution in [0.4, 0.5) is 0 Å². The highest BCUT2D eigenvalue weighted by molar-refractivity contribution is 7.80. The Morgan fingerprint density at radius 1 is 1.22 bits per heavy atom. The molecule has 1 aromatic carbocycles. The summed E-state index contributed by atoms with van der Waals surface area (Å²) < 4.78 is 5.66. The molecule has 1 atom stereocenters. The number of aryl methyl sites for hydroxylation is 2. The van der Waals surface area contributed by atoms with Crippen LogP contribution in [0.3, 0.4) is 0 Å². The third kappa shape index (κ3) is 3.01. The summed E-state index contributed by atoms with van der Waals surface area (Å²) in [7, 11) is 5.99. The lowest BCUT2D eigenvalue weighted by Crippen LogP contribution is -2.22. The van der Waals surface area contributed by atoms with Gasteiger partial charge in [-0.25, -0.2) is 0 Å². The molecule has 2 nitrogen and oxygen atoms in total. The Labute approximate surface area is 117 Å². The summed E-state index contributed by atoms with van der Waals surface area (Å²) in [5.41, 5.74) is 5.13. The first-order valence-electron chi connectivity index (χ1n) is 6.36. The van der Waals surface area contributed by atoms with E-state index in [1.165, 1.54) is 22.3 Å². The van der Waals surface area contributed by atoms with Crippen molar-refractivity contribution in [1.82, 2.24) is 4.90 Å². The summed E-state index contributed by atoms with van der Waals surface area (Å²) in [6.45, 7) is 6.43. The topological polar surface area (TPSA) is 12.5 Å². The molecule has 0 aliphatic rings. The van der Waals surface area contributed by atoms with Crippen molar-refractivity contribution in [1.29, 1.82) is 0 Å². The van der Waals surface area contributed by atoms with E-state index in [0.717, 1.165) is 17.9 Å². The average molecular weight is 267 g/mol. The minimum absolute atomic E-state index is 0.358. The number of benzene rings is 1. The van der Waals surface area contributed by atoms with Crippen LogP contribution in [-0.2, 0) is 0 Å². The highest BCUT2D eigenvalue weighted by atomic mass is 32.1. The van der Waals surface area contributed by atoms with E-state index in [0.29, 0.717) is 6.04 Å².